The average Bonchev–Trinajstić information content (AvgIpc) is 2.33. The summed E-state index contributed by atoms with van der Waals surface area (Å²) in [6.45, 7) is 0. The lowest BCUT2D eigenvalue weighted by atomic mass is 10.3. The first-order valence-electron chi connectivity index (χ1n) is 5.12. The van der Waals surface area contributed by atoms with Crippen molar-refractivity contribution in [2.45, 2.75) is 4.90 Å². The van der Waals surface area contributed by atoms with Crippen LogP contribution in [0.2, 0.25) is 5.02 Å². The highest BCUT2D eigenvalue weighted by Gasteiger charge is 2.11. The predicted octanol–water partition coefficient (Wildman–Crippen LogP) is 3.54. The van der Waals surface area contributed by atoms with Crippen molar-refractivity contribution in [3.8, 4) is 11.5 Å². The van der Waals surface area contributed by atoms with Gasteiger partial charge < -0.3 is 4.74 Å². The third-order valence-corrected chi connectivity index (χ3v) is 4.01. The van der Waals surface area contributed by atoms with Crippen molar-refractivity contribution in [1.29, 1.82) is 0 Å². The molecule has 19 heavy (non-hydrogen) atoms. The Hall–Kier alpha value is -1.08. The van der Waals surface area contributed by atoms with Crippen molar-refractivity contribution >= 4 is 37.6 Å². The van der Waals surface area contributed by atoms with Crippen molar-refractivity contribution in [1.82, 2.24) is 0 Å². The molecule has 0 aliphatic rings. The van der Waals surface area contributed by atoms with Crippen molar-refractivity contribution in [2.75, 3.05) is 0 Å². The van der Waals surface area contributed by atoms with E-state index in [9.17, 15) is 8.42 Å². The van der Waals surface area contributed by atoms with Crippen LogP contribution < -0.4 is 9.88 Å². The lowest BCUT2D eigenvalue weighted by Crippen LogP contribution is -2.11. The number of sulfonamides is 1. The first-order valence-corrected chi connectivity index (χ1v) is 7.84. The van der Waals surface area contributed by atoms with E-state index in [-0.39, 0.29) is 9.92 Å². The summed E-state index contributed by atoms with van der Waals surface area (Å²) in [4.78, 5) is -0.0549. The molecular weight excluding hydrogens is 354 g/mol. The molecule has 0 aliphatic carbocycles. The number of benzene rings is 2. The van der Waals surface area contributed by atoms with Crippen LogP contribution in [0.25, 0.3) is 0 Å². The number of hydrogen-bond acceptors (Lipinski definition) is 3. The molecule has 0 aromatic heterocycles. The minimum atomic E-state index is -3.77. The number of hydrogen-bond donors (Lipinski definition) is 1. The maximum absolute atomic E-state index is 11.2. The zero-order valence-corrected chi connectivity index (χ0v) is 12.7. The van der Waals surface area contributed by atoms with Gasteiger partial charge in [0, 0.05) is 4.47 Å². The molecule has 4 nitrogen and oxygen atoms in total. The van der Waals surface area contributed by atoms with Crippen LogP contribution in [0, 0.1) is 0 Å². The molecular formula is C12H9BrClNO3S. The van der Waals surface area contributed by atoms with E-state index in [1.807, 2.05) is 12.1 Å². The van der Waals surface area contributed by atoms with E-state index in [0.29, 0.717) is 11.5 Å². The summed E-state index contributed by atoms with van der Waals surface area (Å²) in [6.07, 6.45) is 0. The van der Waals surface area contributed by atoms with Crippen LogP contribution in [0.3, 0.4) is 0 Å². The maximum atomic E-state index is 11.2. The van der Waals surface area contributed by atoms with E-state index in [2.05, 4.69) is 15.9 Å². The number of rotatable bonds is 3. The number of primary sulfonamides is 1. The molecule has 2 aromatic rings. The van der Waals surface area contributed by atoms with Gasteiger partial charge in [-0.1, -0.05) is 27.5 Å². The van der Waals surface area contributed by atoms with Gasteiger partial charge in [-0.15, -0.1) is 0 Å². The lowest BCUT2D eigenvalue weighted by Gasteiger charge is -2.08. The Morgan fingerprint density at radius 1 is 1.11 bits per heavy atom. The molecule has 0 fully saturated rings. The summed E-state index contributed by atoms with van der Waals surface area (Å²) in [6, 6.07) is 11.2. The van der Waals surface area contributed by atoms with E-state index in [4.69, 9.17) is 21.5 Å². The highest BCUT2D eigenvalue weighted by molar-refractivity contribution is 9.10. The van der Waals surface area contributed by atoms with Crippen LogP contribution in [0.5, 0.6) is 11.5 Å². The largest absolute Gasteiger partial charge is 0.456 e. The first-order chi connectivity index (χ1) is 8.86. The summed E-state index contributed by atoms with van der Waals surface area (Å²) >= 11 is 9.28. The molecule has 0 spiro atoms. The van der Waals surface area contributed by atoms with Crippen molar-refractivity contribution in [3.63, 3.8) is 0 Å². The van der Waals surface area contributed by atoms with Crippen molar-refractivity contribution in [3.05, 3.63) is 52.0 Å². The number of nitrogens with two attached hydrogens (primary N) is 1. The Morgan fingerprint density at radius 2 is 1.74 bits per heavy atom. The molecule has 2 rings (SSSR count). The molecule has 0 bridgehead atoms. The predicted molar refractivity (Wildman–Crippen MR) is 77.0 cm³/mol. The van der Waals surface area contributed by atoms with Gasteiger partial charge in [-0.3, -0.25) is 0 Å². The second-order valence-corrected chi connectivity index (χ2v) is 6.58. The molecule has 0 atom stereocenters. The Bertz CT molecular complexity index is 701. The molecule has 2 aromatic carbocycles. The van der Waals surface area contributed by atoms with Crippen molar-refractivity contribution in [2.24, 2.45) is 5.14 Å². The van der Waals surface area contributed by atoms with E-state index >= 15 is 0 Å². The molecule has 0 amide bonds. The molecule has 0 aliphatic heterocycles. The van der Waals surface area contributed by atoms with Crippen LogP contribution >= 0.6 is 27.5 Å². The Kier molecular flexibility index (Phi) is 4.15. The van der Waals surface area contributed by atoms with Gasteiger partial charge in [0.1, 0.15) is 11.5 Å². The SMILES string of the molecule is NS(=O)(=O)c1ccc(Oc2ccc(Br)cc2)c(Cl)c1. The van der Waals surface area contributed by atoms with Gasteiger partial charge in [0.05, 0.1) is 9.92 Å². The van der Waals surface area contributed by atoms with Gasteiger partial charge in [0.25, 0.3) is 0 Å². The molecule has 7 heteroatoms. The van der Waals surface area contributed by atoms with E-state index in [0.717, 1.165) is 4.47 Å². The van der Waals surface area contributed by atoms with Gasteiger partial charge >= 0.3 is 0 Å². The summed E-state index contributed by atoms with van der Waals surface area (Å²) in [5.41, 5.74) is 0. The molecule has 100 valence electrons. The Balaban J connectivity index is 2.29. The molecule has 0 saturated heterocycles. The van der Waals surface area contributed by atoms with Crippen LogP contribution in [0.4, 0.5) is 0 Å². The fraction of sp³-hybridized carbons (Fsp3) is 0. The van der Waals surface area contributed by atoms with E-state index in [1.54, 1.807) is 12.1 Å². The standard InChI is InChI=1S/C12H9BrClNO3S/c13-8-1-3-9(4-2-8)18-12-6-5-10(7-11(12)14)19(15,16)17/h1-7H,(H2,15,16,17). The maximum Gasteiger partial charge on any atom is 0.238 e. The van der Waals surface area contributed by atoms with Gasteiger partial charge in [0.2, 0.25) is 10.0 Å². The quantitative estimate of drug-likeness (QED) is 0.908. The summed E-state index contributed by atoms with van der Waals surface area (Å²) in [7, 11) is -3.77. The average molecular weight is 363 g/mol. The smallest absolute Gasteiger partial charge is 0.238 e. The second-order valence-electron chi connectivity index (χ2n) is 3.69. The van der Waals surface area contributed by atoms with E-state index in [1.165, 1.54) is 18.2 Å². The zero-order chi connectivity index (χ0) is 14.0. The fourth-order valence-electron chi connectivity index (χ4n) is 1.37. The minimum absolute atomic E-state index is 0.0549. The molecule has 2 N–H and O–H groups in total. The topological polar surface area (TPSA) is 69.4 Å². The van der Waals surface area contributed by atoms with Crippen LogP contribution in [-0.2, 0) is 10.0 Å². The normalized spacial score (nSPS) is 11.3. The van der Waals surface area contributed by atoms with Crippen LogP contribution in [0.15, 0.2) is 51.8 Å². The lowest BCUT2D eigenvalue weighted by molar-refractivity contribution is 0.482. The van der Waals surface area contributed by atoms with Crippen LogP contribution in [-0.4, -0.2) is 8.42 Å². The second kappa shape index (κ2) is 5.50. The zero-order valence-electron chi connectivity index (χ0n) is 9.51. The summed E-state index contributed by atoms with van der Waals surface area (Å²) in [5.74, 6) is 0.949. The van der Waals surface area contributed by atoms with Gasteiger partial charge in [0.15, 0.2) is 0 Å². The Morgan fingerprint density at radius 3 is 2.26 bits per heavy atom. The van der Waals surface area contributed by atoms with Gasteiger partial charge in [-0.25, -0.2) is 13.6 Å². The van der Waals surface area contributed by atoms with Gasteiger partial charge in [-0.05, 0) is 42.5 Å². The Labute approximate surface area is 124 Å². The monoisotopic (exact) mass is 361 g/mol. The third kappa shape index (κ3) is 3.70. The number of ether oxygens (including phenoxy) is 1. The molecule has 0 radical (unpaired) electrons. The minimum Gasteiger partial charge on any atom is -0.456 e. The van der Waals surface area contributed by atoms with Crippen molar-refractivity contribution < 1.29 is 13.2 Å². The highest BCUT2D eigenvalue weighted by atomic mass is 79.9. The fourth-order valence-corrected chi connectivity index (χ4v) is 2.46. The molecule has 0 heterocycles. The molecule has 0 saturated carbocycles. The summed E-state index contributed by atoms with van der Waals surface area (Å²) < 4.78 is 28.8. The highest BCUT2D eigenvalue weighted by Crippen LogP contribution is 2.31. The first kappa shape index (κ1) is 14.3. The van der Waals surface area contributed by atoms with Gasteiger partial charge in [-0.2, -0.15) is 0 Å². The summed E-state index contributed by atoms with van der Waals surface area (Å²) in [5, 5.41) is 5.19. The van der Waals surface area contributed by atoms with Crippen LogP contribution in [0.1, 0.15) is 0 Å². The van der Waals surface area contributed by atoms with E-state index < -0.39 is 10.0 Å². The third-order valence-electron chi connectivity index (χ3n) is 2.27. The molecule has 0 unspecified atom stereocenters. The number of halogens is 2.